The number of hydrogen-bond acceptors (Lipinski definition) is 12. The summed E-state index contributed by atoms with van der Waals surface area (Å²) in [7, 11) is 0. The summed E-state index contributed by atoms with van der Waals surface area (Å²) >= 11 is 0. The van der Waals surface area contributed by atoms with E-state index in [2.05, 4.69) is 132 Å². The molecule has 12 aromatic rings. The molecule has 0 aromatic heterocycles. The highest BCUT2D eigenvalue weighted by atomic mass is 16.5. The molecule has 12 nitrogen and oxygen atoms in total. The zero-order valence-corrected chi connectivity index (χ0v) is 50.5. The van der Waals surface area contributed by atoms with Crippen molar-refractivity contribution >= 4 is 22.7 Å². The molecule has 0 amide bonds. The molecule has 2 atom stereocenters. The average Bonchev–Trinajstić information content (AvgIpc) is 1.58. The molecule has 12 heteroatoms. The lowest BCUT2D eigenvalue weighted by Crippen LogP contribution is -2.29. The summed E-state index contributed by atoms with van der Waals surface area (Å²) in [6.07, 6.45) is -1.94. The Morgan fingerprint density at radius 3 is 0.839 bits per heavy atom. The number of phenolic OH excluding ortho intramolecular Hbond substituents is 4. The average molecular weight is 1220 g/mol. The van der Waals surface area contributed by atoms with Gasteiger partial charge in [0, 0.05) is 13.1 Å². The number of aliphatic hydroxyl groups excluding tert-OH is 2. The second-order valence-corrected chi connectivity index (χ2v) is 24.3. The van der Waals surface area contributed by atoms with Crippen LogP contribution in [-0.2, 0) is 16.2 Å². The van der Waals surface area contributed by atoms with Gasteiger partial charge >= 0.3 is 0 Å². The maximum Gasteiger partial charge on any atom is 0.138 e. The van der Waals surface area contributed by atoms with Crippen LogP contribution in [0.4, 0.5) is 22.7 Å². The Kier molecular flexibility index (Phi) is 14.4. The number of rotatable bonds is 18. The predicted octanol–water partition coefficient (Wildman–Crippen LogP) is 14.5. The predicted molar refractivity (Wildman–Crippen MR) is 367 cm³/mol. The van der Waals surface area contributed by atoms with Crippen molar-refractivity contribution in [3.63, 3.8) is 0 Å². The quantitative estimate of drug-likeness (QED) is 0.0287. The third-order valence-electron chi connectivity index (χ3n) is 19.2. The monoisotopic (exact) mass is 1220 g/mol. The lowest BCUT2D eigenvalue weighted by molar-refractivity contribution is 0.117. The molecule has 0 fully saturated rings. The number of nitrogens with two attached hydrogens (primary N) is 2. The topological polar surface area (TPSA) is 216 Å². The van der Waals surface area contributed by atoms with Crippen LogP contribution in [0.3, 0.4) is 0 Å². The molecule has 12 N–H and O–H groups in total. The first kappa shape index (κ1) is 58.0. The maximum atomic E-state index is 11.5. The van der Waals surface area contributed by atoms with E-state index in [9.17, 15) is 30.6 Å². The van der Waals surface area contributed by atoms with Gasteiger partial charge < -0.3 is 62.2 Å². The third-order valence-corrected chi connectivity index (χ3v) is 19.2. The molecule has 0 saturated carbocycles. The summed E-state index contributed by atoms with van der Waals surface area (Å²) in [5, 5.41) is 73.4. The van der Waals surface area contributed by atoms with Crippen LogP contribution in [-0.4, -0.2) is 69.2 Å². The van der Waals surface area contributed by atoms with Crippen LogP contribution in [0, 0.1) is 0 Å². The van der Waals surface area contributed by atoms with Crippen LogP contribution in [0.25, 0.3) is 33.4 Å². The molecule has 0 bridgehead atoms. The maximum absolute atomic E-state index is 11.5. The van der Waals surface area contributed by atoms with Crippen molar-refractivity contribution in [3.05, 3.63) is 334 Å². The smallest absolute Gasteiger partial charge is 0.138 e. The first-order valence-electron chi connectivity index (χ1n) is 31.1. The van der Waals surface area contributed by atoms with E-state index in [1.54, 1.807) is 24.3 Å². The van der Waals surface area contributed by atoms with Crippen molar-refractivity contribution in [2.24, 2.45) is 0 Å². The number of hydrogen-bond donors (Lipinski definition) is 10. The normalized spacial score (nSPS) is 14.5. The largest absolute Gasteiger partial charge is 0.506 e. The number of aromatic hydroxyl groups is 4. The number of fused-ring (bicyclic) bond motifs is 9. The summed E-state index contributed by atoms with van der Waals surface area (Å²) < 4.78 is 12.6. The van der Waals surface area contributed by atoms with Crippen molar-refractivity contribution in [2.45, 2.75) is 28.5 Å². The Balaban J connectivity index is 0.648. The van der Waals surface area contributed by atoms with Gasteiger partial charge in [0.05, 0.1) is 39.0 Å². The van der Waals surface area contributed by atoms with Crippen LogP contribution in [0.15, 0.2) is 267 Å². The number of nitrogen functional groups attached to an aromatic ring is 2. The number of benzene rings is 12. The molecule has 0 spiro atoms. The van der Waals surface area contributed by atoms with E-state index in [4.69, 9.17) is 20.9 Å². The minimum absolute atomic E-state index is 0.00456. The van der Waals surface area contributed by atoms with Gasteiger partial charge in [0.15, 0.2) is 0 Å². The standard InChI is InChI=1S/C81H66N4O8/c82-71-41-51(29-37-75(71)88)80(67-21-9-3-15-61(67)62-16-4-10-22-68(62)80)53-31-39-77(90)73(43-53)84-45-55(86)47-92-57-33-25-49(26-34-57)79(65-19-7-1-13-59(65)60-14-2-8-20-66(60)79)50-27-35-58(36-28-50)93-48-56(87)46-85-74-44-54(32-40-78(74)91)81(52-30-38-76(89)72(83)42-52)69-23-11-5-17-63(69)64-18-6-12-24-70(64)81/h1-44,55-56,84-91H,45-48,82-83H2. The molecule has 0 radical (unpaired) electrons. The highest BCUT2D eigenvalue weighted by Crippen LogP contribution is 2.60. The fraction of sp³-hybridized carbons (Fsp3) is 0.111. The molecule has 12 aromatic carbocycles. The van der Waals surface area contributed by atoms with Crippen LogP contribution in [0.5, 0.6) is 34.5 Å². The highest BCUT2D eigenvalue weighted by Gasteiger charge is 2.49. The van der Waals surface area contributed by atoms with Crippen molar-refractivity contribution in [3.8, 4) is 67.9 Å². The van der Waals surface area contributed by atoms with Crippen molar-refractivity contribution < 1.29 is 40.1 Å². The van der Waals surface area contributed by atoms with Crippen molar-refractivity contribution in [2.75, 3.05) is 48.4 Å². The third kappa shape index (κ3) is 9.35. The number of ether oxygens (including phenoxy) is 2. The fourth-order valence-electron chi connectivity index (χ4n) is 15.0. The molecule has 0 aliphatic heterocycles. The minimum Gasteiger partial charge on any atom is -0.506 e. The van der Waals surface area contributed by atoms with Gasteiger partial charge in [-0.2, -0.15) is 0 Å². The second-order valence-electron chi connectivity index (χ2n) is 24.3. The van der Waals surface area contributed by atoms with Gasteiger partial charge in [0.1, 0.15) is 59.9 Å². The van der Waals surface area contributed by atoms with Gasteiger partial charge in [-0.25, -0.2) is 0 Å². The van der Waals surface area contributed by atoms with Gasteiger partial charge in [-0.3, -0.25) is 0 Å². The van der Waals surface area contributed by atoms with Gasteiger partial charge in [-0.05, 0) is 173 Å². The summed E-state index contributed by atoms with van der Waals surface area (Å²) in [6.45, 7) is 0.0694. The second kappa shape index (κ2) is 23.1. The molecular weight excluding hydrogens is 1160 g/mol. The SMILES string of the molecule is Nc1cc(C2(c3ccc(O)c(NCC(O)COc4ccc(C5(c6ccc(OCC(O)CNc7cc(C8(c9ccc(O)c(N)c9)c9ccccc9-c9ccccc98)ccc7O)cc6)c6ccccc6-c6ccccc65)cc4)c3)c3ccccc3-c3ccccc32)ccc1O. The molecule has 15 rings (SSSR count). The first-order valence-corrected chi connectivity index (χ1v) is 31.1. The van der Waals surface area contributed by atoms with Gasteiger partial charge in [0.25, 0.3) is 0 Å². The van der Waals surface area contributed by atoms with Crippen LogP contribution in [0.2, 0.25) is 0 Å². The van der Waals surface area contributed by atoms with Crippen LogP contribution < -0.4 is 31.6 Å². The first-order chi connectivity index (χ1) is 45.4. The highest BCUT2D eigenvalue weighted by molar-refractivity contribution is 5.90. The van der Waals surface area contributed by atoms with Crippen molar-refractivity contribution in [1.29, 1.82) is 0 Å². The minimum atomic E-state index is -0.970. The van der Waals surface area contributed by atoms with E-state index in [1.807, 2.05) is 121 Å². The van der Waals surface area contributed by atoms with E-state index < -0.39 is 28.5 Å². The Morgan fingerprint density at radius 2 is 0.548 bits per heavy atom. The Bertz CT molecular complexity index is 4460. The molecule has 3 aliphatic carbocycles. The number of phenols is 4. The molecule has 3 aliphatic rings. The molecule has 93 heavy (non-hydrogen) atoms. The summed E-state index contributed by atoms with van der Waals surface area (Å²) in [4.78, 5) is 0. The lowest BCUT2D eigenvalue weighted by atomic mass is 9.67. The van der Waals surface area contributed by atoms with E-state index >= 15 is 0 Å². The Morgan fingerprint density at radius 1 is 0.301 bits per heavy atom. The summed E-state index contributed by atoms with van der Waals surface area (Å²) in [6, 6.07) is 87.7. The Labute approximate surface area is 538 Å². The molecule has 458 valence electrons. The fourth-order valence-corrected chi connectivity index (χ4v) is 15.0. The number of aliphatic hydroxyl groups is 2. The molecule has 0 heterocycles. The van der Waals surface area contributed by atoms with E-state index in [1.165, 1.54) is 0 Å². The zero-order valence-electron chi connectivity index (χ0n) is 50.5. The van der Waals surface area contributed by atoms with E-state index in [0.717, 1.165) is 100 Å². The number of nitrogens with one attached hydrogen (secondary N) is 2. The van der Waals surface area contributed by atoms with Crippen LogP contribution in [0.1, 0.15) is 66.8 Å². The van der Waals surface area contributed by atoms with E-state index in [-0.39, 0.29) is 60.7 Å². The zero-order chi connectivity index (χ0) is 63.6. The summed E-state index contributed by atoms with van der Waals surface area (Å²) in [5.74, 6) is 1.17. The Hall–Kier alpha value is -11.4. The molecule has 2 unspecified atom stereocenters. The van der Waals surface area contributed by atoms with E-state index in [0.29, 0.717) is 22.9 Å². The molecule has 0 saturated heterocycles. The lowest BCUT2D eigenvalue weighted by Gasteiger charge is -2.34. The van der Waals surface area contributed by atoms with Crippen molar-refractivity contribution in [1.82, 2.24) is 0 Å². The molecular formula is C81H66N4O8. The van der Waals surface area contributed by atoms with Gasteiger partial charge in [-0.15, -0.1) is 0 Å². The van der Waals surface area contributed by atoms with Crippen LogP contribution >= 0.6 is 0 Å². The number of anilines is 4. The van der Waals surface area contributed by atoms with Gasteiger partial charge in [0.2, 0.25) is 0 Å². The van der Waals surface area contributed by atoms with Gasteiger partial charge in [-0.1, -0.05) is 194 Å². The summed E-state index contributed by atoms with van der Waals surface area (Å²) in [5.41, 5.74) is 30.1.